The lowest BCUT2D eigenvalue weighted by Gasteiger charge is -2.33. The molecule has 1 atom stereocenters. The number of carbonyl (C=O) groups is 1. The van der Waals surface area contributed by atoms with Gasteiger partial charge in [0.2, 0.25) is 11.7 Å². The Bertz CT molecular complexity index is 971. The van der Waals surface area contributed by atoms with E-state index >= 15 is 0 Å². The van der Waals surface area contributed by atoms with Crippen molar-refractivity contribution in [2.45, 2.75) is 25.3 Å². The summed E-state index contributed by atoms with van der Waals surface area (Å²) in [5, 5.41) is 4.56. The van der Waals surface area contributed by atoms with E-state index in [0.717, 1.165) is 30.6 Å². The van der Waals surface area contributed by atoms with Crippen LogP contribution in [-0.2, 0) is 0 Å². The smallest absolute Gasteiger partial charge is 0.256 e. The second kappa shape index (κ2) is 8.02. The molecule has 0 bridgehead atoms. The van der Waals surface area contributed by atoms with Crippen LogP contribution >= 0.6 is 11.6 Å². The van der Waals surface area contributed by atoms with Gasteiger partial charge in [-0.05, 0) is 55.7 Å². The Labute approximate surface area is 168 Å². The van der Waals surface area contributed by atoms with Gasteiger partial charge in [0.15, 0.2) is 0 Å². The second-order valence-electron chi connectivity index (χ2n) is 6.67. The quantitative estimate of drug-likeness (QED) is 0.634. The molecule has 0 saturated carbocycles. The highest BCUT2D eigenvalue weighted by atomic mass is 35.5. The predicted molar refractivity (Wildman–Crippen MR) is 105 cm³/mol. The molecule has 4 rings (SSSR count). The fourth-order valence-electron chi connectivity index (χ4n) is 3.45. The van der Waals surface area contributed by atoms with Crippen LogP contribution in [0.1, 0.15) is 41.6 Å². The Morgan fingerprint density at radius 2 is 1.96 bits per heavy atom. The van der Waals surface area contributed by atoms with E-state index in [1.54, 1.807) is 24.1 Å². The molecule has 1 fully saturated rings. The molecule has 2 aromatic carbocycles. The second-order valence-corrected chi connectivity index (χ2v) is 7.08. The molecule has 7 heteroatoms. The summed E-state index contributed by atoms with van der Waals surface area (Å²) >= 11 is 6.23. The summed E-state index contributed by atoms with van der Waals surface area (Å²) in [4.78, 5) is 19.4. The number of nitrogens with zero attached hydrogens (tertiary/aromatic N) is 3. The maximum absolute atomic E-state index is 13.1. The molecule has 144 valence electrons. The minimum Gasteiger partial charge on any atom is -0.497 e. The van der Waals surface area contributed by atoms with Gasteiger partial charge in [-0.1, -0.05) is 28.9 Å². The maximum Gasteiger partial charge on any atom is 0.256 e. The van der Waals surface area contributed by atoms with Crippen molar-refractivity contribution in [3.63, 3.8) is 0 Å². The van der Waals surface area contributed by atoms with E-state index in [2.05, 4.69) is 10.1 Å². The number of likely N-dealkylation sites (tertiary alicyclic amines) is 1. The van der Waals surface area contributed by atoms with Gasteiger partial charge < -0.3 is 14.2 Å². The first-order valence-electron chi connectivity index (χ1n) is 9.21. The molecule has 0 spiro atoms. The summed E-state index contributed by atoms with van der Waals surface area (Å²) in [6, 6.07) is 14.3. The summed E-state index contributed by atoms with van der Waals surface area (Å²) in [5.74, 6) is 1.59. The van der Waals surface area contributed by atoms with Crippen molar-refractivity contribution in [1.29, 1.82) is 0 Å². The number of amides is 1. The zero-order valence-corrected chi connectivity index (χ0v) is 16.2. The third-order valence-electron chi connectivity index (χ3n) is 4.94. The summed E-state index contributed by atoms with van der Waals surface area (Å²) < 4.78 is 10.7. The molecule has 3 aromatic rings. The fourth-order valence-corrected chi connectivity index (χ4v) is 3.67. The van der Waals surface area contributed by atoms with Gasteiger partial charge >= 0.3 is 0 Å². The lowest BCUT2D eigenvalue weighted by Crippen LogP contribution is -2.38. The Morgan fingerprint density at radius 3 is 2.71 bits per heavy atom. The fraction of sp³-hybridized carbons (Fsp3) is 0.286. The molecule has 0 N–H and O–H groups in total. The number of hydrogen-bond acceptors (Lipinski definition) is 5. The number of ether oxygens (including phenoxy) is 1. The minimum atomic E-state index is -0.253. The molecule has 2 heterocycles. The molecular formula is C21H20ClN3O3. The number of rotatable bonds is 4. The van der Waals surface area contributed by atoms with Gasteiger partial charge in [-0.2, -0.15) is 4.98 Å². The van der Waals surface area contributed by atoms with Crippen molar-refractivity contribution in [2.75, 3.05) is 13.7 Å². The standard InChI is InChI=1S/C21H20ClN3O3/c1-27-15-11-9-14(10-12-15)19-23-20(28-24-19)18-8-4-5-13-25(18)21(26)16-6-2-3-7-17(16)22/h2-3,6-7,9-12,18H,4-5,8,13H2,1H3/t18-/m1/s1. The first kappa shape index (κ1) is 18.5. The first-order chi connectivity index (χ1) is 13.7. The molecule has 0 aliphatic carbocycles. The van der Waals surface area contributed by atoms with Crippen LogP contribution in [0.3, 0.4) is 0 Å². The molecule has 0 unspecified atom stereocenters. The Hall–Kier alpha value is -2.86. The van der Waals surface area contributed by atoms with Crippen molar-refractivity contribution in [3.05, 3.63) is 65.0 Å². The highest BCUT2D eigenvalue weighted by Gasteiger charge is 2.33. The lowest BCUT2D eigenvalue weighted by molar-refractivity contribution is 0.0561. The van der Waals surface area contributed by atoms with E-state index < -0.39 is 0 Å². The molecule has 6 nitrogen and oxygen atoms in total. The monoisotopic (exact) mass is 397 g/mol. The highest BCUT2D eigenvalue weighted by molar-refractivity contribution is 6.33. The molecule has 28 heavy (non-hydrogen) atoms. The van der Waals surface area contributed by atoms with Crippen molar-refractivity contribution >= 4 is 17.5 Å². The molecule has 0 radical (unpaired) electrons. The average Bonchev–Trinajstić information content (AvgIpc) is 3.24. The Balaban J connectivity index is 1.60. The SMILES string of the molecule is COc1ccc(-c2noc([C@H]3CCCCN3C(=O)c3ccccc3Cl)n2)cc1. The molecule has 1 amide bonds. The van der Waals surface area contributed by atoms with E-state index in [1.807, 2.05) is 36.4 Å². The van der Waals surface area contributed by atoms with Gasteiger partial charge in [0.1, 0.15) is 11.8 Å². The molecule has 1 aliphatic heterocycles. The van der Waals surface area contributed by atoms with Crippen molar-refractivity contribution in [1.82, 2.24) is 15.0 Å². The van der Waals surface area contributed by atoms with Crippen LogP contribution in [0.15, 0.2) is 53.1 Å². The number of aromatic nitrogens is 2. The van der Waals surface area contributed by atoms with Crippen LogP contribution in [0.25, 0.3) is 11.4 Å². The molecule has 1 aliphatic rings. The van der Waals surface area contributed by atoms with E-state index in [0.29, 0.717) is 28.8 Å². The summed E-state index contributed by atoms with van der Waals surface area (Å²) in [5.41, 5.74) is 1.32. The normalized spacial score (nSPS) is 16.8. The number of carbonyl (C=O) groups excluding carboxylic acids is 1. The third-order valence-corrected chi connectivity index (χ3v) is 5.27. The lowest BCUT2D eigenvalue weighted by atomic mass is 10.0. The topological polar surface area (TPSA) is 68.5 Å². The van der Waals surface area contributed by atoms with E-state index in [4.69, 9.17) is 20.9 Å². The van der Waals surface area contributed by atoms with Gasteiger partial charge in [-0.15, -0.1) is 0 Å². The third kappa shape index (κ3) is 3.60. The van der Waals surface area contributed by atoms with Crippen LogP contribution in [-0.4, -0.2) is 34.6 Å². The molecule has 1 aromatic heterocycles. The number of benzene rings is 2. The Morgan fingerprint density at radius 1 is 1.18 bits per heavy atom. The summed E-state index contributed by atoms with van der Waals surface area (Å²) in [6.07, 6.45) is 2.71. The van der Waals surface area contributed by atoms with E-state index in [1.165, 1.54) is 0 Å². The molecular weight excluding hydrogens is 378 g/mol. The van der Waals surface area contributed by atoms with Crippen molar-refractivity contribution < 1.29 is 14.1 Å². The van der Waals surface area contributed by atoms with Crippen molar-refractivity contribution in [2.24, 2.45) is 0 Å². The zero-order valence-electron chi connectivity index (χ0n) is 15.5. The average molecular weight is 398 g/mol. The van der Waals surface area contributed by atoms with Gasteiger partial charge in [0.05, 0.1) is 17.7 Å². The molecule has 1 saturated heterocycles. The van der Waals surface area contributed by atoms with Gasteiger partial charge in [0.25, 0.3) is 5.91 Å². The first-order valence-corrected chi connectivity index (χ1v) is 9.58. The Kier molecular flexibility index (Phi) is 5.30. The minimum absolute atomic E-state index is 0.112. The van der Waals surface area contributed by atoms with Gasteiger partial charge in [-0.3, -0.25) is 4.79 Å². The number of hydrogen-bond donors (Lipinski definition) is 0. The van der Waals surface area contributed by atoms with Crippen LogP contribution in [0.2, 0.25) is 5.02 Å². The maximum atomic E-state index is 13.1. The van der Waals surface area contributed by atoms with E-state index in [9.17, 15) is 4.79 Å². The van der Waals surface area contributed by atoms with Crippen LogP contribution in [0.5, 0.6) is 5.75 Å². The van der Waals surface area contributed by atoms with Gasteiger partial charge in [0, 0.05) is 12.1 Å². The van der Waals surface area contributed by atoms with Gasteiger partial charge in [-0.25, -0.2) is 0 Å². The highest BCUT2D eigenvalue weighted by Crippen LogP contribution is 2.33. The summed E-state index contributed by atoms with van der Waals surface area (Å²) in [7, 11) is 1.62. The number of halogens is 1. The van der Waals surface area contributed by atoms with Crippen molar-refractivity contribution in [3.8, 4) is 17.1 Å². The summed E-state index contributed by atoms with van der Waals surface area (Å²) in [6.45, 7) is 0.634. The van der Waals surface area contributed by atoms with E-state index in [-0.39, 0.29) is 11.9 Å². The number of piperidine rings is 1. The van der Waals surface area contributed by atoms with Crippen LogP contribution < -0.4 is 4.74 Å². The largest absolute Gasteiger partial charge is 0.497 e. The van der Waals surface area contributed by atoms with Crippen LogP contribution in [0.4, 0.5) is 0 Å². The number of methoxy groups -OCH3 is 1. The zero-order chi connectivity index (χ0) is 19.5. The predicted octanol–water partition coefficient (Wildman–Crippen LogP) is 4.77. The van der Waals surface area contributed by atoms with Crippen LogP contribution in [0, 0.1) is 0 Å².